The Kier molecular flexibility index (Phi) is 3.15. The molecule has 0 aliphatic carbocycles. The summed E-state index contributed by atoms with van der Waals surface area (Å²) in [5, 5.41) is 9.11. The topological polar surface area (TPSA) is 49.8 Å². The maximum absolute atomic E-state index is 13.9. The molecule has 0 radical (unpaired) electrons. The molecule has 1 aromatic rings. The molecule has 18 heavy (non-hydrogen) atoms. The van der Waals surface area contributed by atoms with Gasteiger partial charge in [-0.25, -0.2) is 9.18 Å². The van der Waals surface area contributed by atoms with Crippen LogP contribution < -0.4 is 9.64 Å². The standard InChI is InChI=1S/C13H16FNO3/c1-7-4-8-5-9(13(16)17)11(18-3)6-10(8)15(2)12(7)14/h5-7,12H,4H2,1-3H3,(H,16,17)/t7?,12-/m1/s1. The number of carboxylic acids is 1. The Morgan fingerprint density at radius 3 is 2.78 bits per heavy atom. The van der Waals surface area contributed by atoms with Gasteiger partial charge in [0.1, 0.15) is 11.3 Å². The first-order valence-corrected chi connectivity index (χ1v) is 5.76. The molecule has 1 aliphatic heterocycles. The fraction of sp³-hybridized carbons (Fsp3) is 0.462. The van der Waals surface area contributed by atoms with Gasteiger partial charge in [-0.3, -0.25) is 0 Å². The lowest BCUT2D eigenvalue weighted by Gasteiger charge is -2.35. The molecule has 1 N–H and O–H groups in total. The number of aromatic carboxylic acids is 1. The van der Waals surface area contributed by atoms with Crippen molar-refractivity contribution in [1.82, 2.24) is 0 Å². The molecule has 2 atom stereocenters. The van der Waals surface area contributed by atoms with E-state index in [1.807, 2.05) is 6.92 Å². The van der Waals surface area contributed by atoms with Crippen molar-refractivity contribution in [1.29, 1.82) is 0 Å². The molecule has 2 rings (SSSR count). The minimum atomic E-state index is -1.06. The van der Waals surface area contributed by atoms with Gasteiger partial charge in [0, 0.05) is 24.7 Å². The number of rotatable bonds is 2. The second-order valence-electron chi connectivity index (χ2n) is 4.65. The number of benzene rings is 1. The van der Waals surface area contributed by atoms with E-state index in [1.165, 1.54) is 12.0 Å². The van der Waals surface area contributed by atoms with Crippen molar-refractivity contribution in [2.24, 2.45) is 5.92 Å². The number of hydrogen-bond acceptors (Lipinski definition) is 3. The van der Waals surface area contributed by atoms with Crippen molar-refractivity contribution in [3.05, 3.63) is 23.3 Å². The molecule has 4 nitrogen and oxygen atoms in total. The maximum atomic E-state index is 13.9. The molecule has 0 aromatic heterocycles. The Labute approximate surface area is 105 Å². The molecular formula is C13H16FNO3. The number of fused-ring (bicyclic) bond motifs is 1. The molecule has 0 bridgehead atoms. The van der Waals surface area contributed by atoms with Gasteiger partial charge in [-0.15, -0.1) is 0 Å². The molecule has 0 spiro atoms. The summed E-state index contributed by atoms with van der Waals surface area (Å²) in [7, 11) is 3.07. The highest BCUT2D eigenvalue weighted by Gasteiger charge is 2.31. The second kappa shape index (κ2) is 4.48. The van der Waals surface area contributed by atoms with E-state index in [9.17, 15) is 9.18 Å². The predicted molar refractivity (Wildman–Crippen MR) is 66.1 cm³/mol. The van der Waals surface area contributed by atoms with Crippen molar-refractivity contribution < 1.29 is 19.0 Å². The zero-order valence-corrected chi connectivity index (χ0v) is 10.6. The first-order valence-electron chi connectivity index (χ1n) is 5.76. The normalized spacial score (nSPS) is 22.6. The highest BCUT2D eigenvalue weighted by Crippen LogP contribution is 2.37. The average Bonchev–Trinajstić information content (AvgIpc) is 2.34. The van der Waals surface area contributed by atoms with Crippen LogP contribution in [-0.2, 0) is 6.42 Å². The SMILES string of the molecule is COc1cc2c(cc1C(=O)O)CC(C)[C@H](F)N2C. The van der Waals surface area contributed by atoms with Crippen LogP contribution in [0.3, 0.4) is 0 Å². The van der Waals surface area contributed by atoms with Crippen LogP contribution in [0.1, 0.15) is 22.8 Å². The molecule has 0 amide bonds. The summed E-state index contributed by atoms with van der Waals surface area (Å²) in [6.45, 7) is 1.81. The molecule has 1 heterocycles. The third-order valence-corrected chi connectivity index (χ3v) is 3.39. The fourth-order valence-electron chi connectivity index (χ4n) is 2.40. The maximum Gasteiger partial charge on any atom is 0.339 e. The molecule has 0 saturated carbocycles. The molecular weight excluding hydrogens is 237 g/mol. The highest BCUT2D eigenvalue weighted by molar-refractivity contribution is 5.92. The number of carboxylic acid groups (broad SMARTS) is 1. The van der Waals surface area contributed by atoms with Gasteiger partial charge in [-0.2, -0.15) is 0 Å². The molecule has 1 aromatic carbocycles. The van der Waals surface area contributed by atoms with Gasteiger partial charge in [0.25, 0.3) is 0 Å². The number of alkyl halides is 1. The van der Waals surface area contributed by atoms with Gasteiger partial charge < -0.3 is 14.7 Å². The van der Waals surface area contributed by atoms with E-state index in [4.69, 9.17) is 9.84 Å². The van der Waals surface area contributed by atoms with Crippen LogP contribution in [0.25, 0.3) is 0 Å². The van der Waals surface area contributed by atoms with Crippen LogP contribution in [0.5, 0.6) is 5.75 Å². The highest BCUT2D eigenvalue weighted by atomic mass is 19.1. The predicted octanol–water partition coefficient (Wildman–Crippen LogP) is 2.32. The smallest absolute Gasteiger partial charge is 0.339 e. The second-order valence-corrected chi connectivity index (χ2v) is 4.65. The summed E-state index contributed by atoms with van der Waals surface area (Å²) in [5.41, 5.74) is 1.66. The Balaban J connectivity index is 2.56. The van der Waals surface area contributed by atoms with Crippen molar-refractivity contribution in [3.8, 4) is 5.75 Å². The van der Waals surface area contributed by atoms with Crippen LogP contribution in [-0.4, -0.2) is 31.5 Å². The number of hydrogen-bond donors (Lipinski definition) is 1. The molecule has 1 aliphatic rings. The molecule has 1 unspecified atom stereocenters. The Morgan fingerprint density at radius 1 is 1.56 bits per heavy atom. The number of ether oxygens (including phenoxy) is 1. The van der Waals surface area contributed by atoms with Gasteiger partial charge >= 0.3 is 5.97 Å². The lowest BCUT2D eigenvalue weighted by atomic mass is 9.91. The Bertz CT molecular complexity index is 489. The summed E-state index contributed by atoms with van der Waals surface area (Å²) in [4.78, 5) is 12.7. The molecule has 5 heteroatoms. The van der Waals surface area contributed by atoms with Crippen molar-refractivity contribution in [2.75, 3.05) is 19.1 Å². The fourth-order valence-corrected chi connectivity index (χ4v) is 2.40. The van der Waals surface area contributed by atoms with Crippen LogP contribution in [0.4, 0.5) is 10.1 Å². The number of methoxy groups -OCH3 is 1. The lowest BCUT2D eigenvalue weighted by Crippen LogP contribution is -2.38. The Morgan fingerprint density at radius 2 is 2.22 bits per heavy atom. The van der Waals surface area contributed by atoms with Gasteiger partial charge in [-0.1, -0.05) is 6.92 Å². The van der Waals surface area contributed by atoms with Crippen molar-refractivity contribution in [3.63, 3.8) is 0 Å². The quantitative estimate of drug-likeness (QED) is 0.822. The van der Waals surface area contributed by atoms with Gasteiger partial charge in [0.2, 0.25) is 0 Å². The average molecular weight is 253 g/mol. The van der Waals surface area contributed by atoms with E-state index in [1.54, 1.807) is 19.2 Å². The summed E-state index contributed by atoms with van der Waals surface area (Å²) in [5.74, 6) is -0.931. The summed E-state index contributed by atoms with van der Waals surface area (Å²) >= 11 is 0. The van der Waals surface area contributed by atoms with E-state index < -0.39 is 12.3 Å². The third kappa shape index (κ3) is 1.89. The van der Waals surface area contributed by atoms with Crippen LogP contribution in [0, 0.1) is 5.92 Å². The van der Waals surface area contributed by atoms with Crippen molar-refractivity contribution >= 4 is 11.7 Å². The van der Waals surface area contributed by atoms with E-state index in [0.29, 0.717) is 12.1 Å². The molecule has 98 valence electrons. The van der Waals surface area contributed by atoms with Crippen LogP contribution in [0.2, 0.25) is 0 Å². The van der Waals surface area contributed by atoms with Crippen LogP contribution >= 0.6 is 0 Å². The minimum absolute atomic E-state index is 0.120. The molecule has 0 fully saturated rings. The Hall–Kier alpha value is -1.78. The number of halogens is 1. The largest absolute Gasteiger partial charge is 0.496 e. The number of nitrogens with zero attached hydrogens (tertiary/aromatic N) is 1. The van der Waals surface area contributed by atoms with Gasteiger partial charge in [0.05, 0.1) is 7.11 Å². The van der Waals surface area contributed by atoms with Gasteiger partial charge in [0.15, 0.2) is 6.30 Å². The zero-order valence-electron chi connectivity index (χ0n) is 10.6. The van der Waals surface area contributed by atoms with E-state index in [0.717, 1.165) is 5.56 Å². The van der Waals surface area contributed by atoms with E-state index in [-0.39, 0.29) is 17.2 Å². The van der Waals surface area contributed by atoms with Gasteiger partial charge in [-0.05, 0) is 18.1 Å². The monoisotopic (exact) mass is 253 g/mol. The number of carbonyl (C=O) groups is 1. The van der Waals surface area contributed by atoms with E-state index >= 15 is 0 Å². The summed E-state index contributed by atoms with van der Waals surface area (Å²) in [6.07, 6.45) is -0.525. The summed E-state index contributed by atoms with van der Waals surface area (Å²) in [6, 6.07) is 3.17. The third-order valence-electron chi connectivity index (χ3n) is 3.39. The van der Waals surface area contributed by atoms with Crippen molar-refractivity contribution in [2.45, 2.75) is 19.6 Å². The first-order chi connectivity index (χ1) is 8.45. The first kappa shape index (κ1) is 12.7. The zero-order chi connectivity index (χ0) is 13.4. The lowest BCUT2D eigenvalue weighted by molar-refractivity contribution is 0.0693. The number of anilines is 1. The minimum Gasteiger partial charge on any atom is -0.496 e. The molecule has 0 saturated heterocycles. The van der Waals surface area contributed by atoms with Crippen LogP contribution in [0.15, 0.2) is 12.1 Å². The van der Waals surface area contributed by atoms with E-state index in [2.05, 4.69) is 0 Å². The summed E-state index contributed by atoms with van der Waals surface area (Å²) < 4.78 is 19.0.